The van der Waals surface area contributed by atoms with Gasteiger partial charge in [0.1, 0.15) is 5.75 Å². The second-order valence-corrected chi connectivity index (χ2v) is 6.85. The number of carbonyl (C=O) groups is 1. The average molecular weight is 332 g/mol. The van der Waals surface area contributed by atoms with Gasteiger partial charge in [-0.25, -0.2) is 0 Å². The molecule has 0 atom stereocenters. The molecule has 3 rings (SSSR count). The topological polar surface area (TPSA) is 61.8 Å². The molecule has 0 radical (unpaired) electrons. The Kier molecular flexibility index (Phi) is 6.10. The van der Waals surface area contributed by atoms with Crippen molar-refractivity contribution in [1.29, 1.82) is 0 Å². The van der Waals surface area contributed by atoms with Crippen molar-refractivity contribution in [3.63, 3.8) is 0 Å². The largest absolute Gasteiger partial charge is 0.484 e. The summed E-state index contributed by atoms with van der Waals surface area (Å²) in [6.07, 6.45) is 6.02. The van der Waals surface area contributed by atoms with E-state index in [-0.39, 0.29) is 18.6 Å². The van der Waals surface area contributed by atoms with Crippen LogP contribution in [0.25, 0.3) is 0 Å². The van der Waals surface area contributed by atoms with Crippen molar-refractivity contribution in [2.45, 2.75) is 44.6 Å². The summed E-state index contributed by atoms with van der Waals surface area (Å²) in [4.78, 5) is 14.2. The quantitative estimate of drug-likeness (QED) is 0.743. The van der Waals surface area contributed by atoms with Gasteiger partial charge in [-0.15, -0.1) is 0 Å². The van der Waals surface area contributed by atoms with E-state index in [1.807, 2.05) is 6.07 Å². The van der Waals surface area contributed by atoms with E-state index in [0.717, 1.165) is 57.5 Å². The van der Waals surface area contributed by atoms with Crippen molar-refractivity contribution >= 4 is 5.91 Å². The maximum Gasteiger partial charge on any atom is 0.257 e. The van der Waals surface area contributed by atoms with Crippen LogP contribution in [0.15, 0.2) is 18.2 Å². The molecule has 5 nitrogen and oxygen atoms in total. The zero-order valence-electron chi connectivity index (χ0n) is 14.3. The molecule has 0 spiro atoms. The average Bonchev–Trinajstić information content (AvgIpc) is 3.06. The van der Waals surface area contributed by atoms with E-state index < -0.39 is 0 Å². The van der Waals surface area contributed by atoms with Gasteiger partial charge in [-0.05, 0) is 68.3 Å². The number of nitrogens with zero attached hydrogens (tertiary/aromatic N) is 1. The molecule has 1 aromatic rings. The molecule has 1 aliphatic carbocycles. The highest BCUT2D eigenvalue weighted by Crippen LogP contribution is 2.25. The van der Waals surface area contributed by atoms with E-state index in [4.69, 9.17) is 4.74 Å². The fraction of sp³-hybridized carbons (Fsp3) is 0.632. The zero-order chi connectivity index (χ0) is 16.8. The molecule has 1 aromatic carbocycles. The smallest absolute Gasteiger partial charge is 0.257 e. The highest BCUT2D eigenvalue weighted by Gasteiger charge is 2.16. The first kappa shape index (κ1) is 17.2. The second kappa shape index (κ2) is 8.49. The van der Waals surface area contributed by atoms with Gasteiger partial charge in [-0.1, -0.05) is 6.07 Å². The van der Waals surface area contributed by atoms with Crippen molar-refractivity contribution in [2.24, 2.45) is 0 Å². The van der Waals surface area contributed by atoms with E-state index in [9.17, 15) is 9.90 Å². The fourth-order valence-electron chi connectivity index (χ4n) is 3.51. The summed E-state index contributed by atoms with van der Waals surface area (Å²) < 4.78 is 5.60. The Labute approximate surface area is 144 Å². The first-order valence-corrected chi connectivity index (χ1v) is 9.12. The lowest BCUT2D eigenvalue weighted by molar-refractivity contribution is -0.123. The van der Waals surface area contributed by atoms with Crippen LogP contribution in [0.2, 0.25) is 0 Å². The first-order chi connectivity index (χ1) is 11.7. The lowest BCUT2D eigenvalue weighted by Crippen LogP contribution is -2.38. The second-order valence-electron chi connectivity index (χ2n) is 6.85. The molecule has 1 saturated heterocycles. The molecule has 1 fully saturated rings. The van der Waals surface area contributed by atoms with E-state index >= 15 is 0 Å². The Morgan fingerprint density at radius 2 is 2.04 bits per heavy atom. The Morgan fingerprint density at radius 3 is 2.88 bits per heavy atom. The molecule has 2 N–H and O–H groups in total. The van der Waals surface area contributed by atoms with Crippen LogP contribution in [-0.2, 0) is 17.6 Å². The number of fused-ring (bicyclic) bond motifs is 1. The molecule has 1 heterocycles. The zero-order valence-corrected chi connectivity index (χ0v) is 14.3. The molecule has 0 unspecified atom stereocenters. The van der Waals surface area contributed by atoms with Gasteiger partial charge < -0.3 is 20.1 Å². The third kappa shape index (κ3) is 4.95. The van der Waals surface area contributed by atoms with Gasteiger partial charge in [0.2, 0.25) is 0 Å². The van der Waals surface area contributed by atoms with E-state index in [1.54, 1.807) is 0 Å². The monoisotopic (exact) mass is 332 g/mol. The maximum atomic E-state index is 11.9. The molecule has 0 saturated carbocycles. The summed E-state index contributed by atoms with van der Waals surface area (Å²) in [6, 6.07) is 6.15. The lowest BCUT2D eigenvalue weighted by Gasteiger charge is -2.29. The van der Waals surface area contributed by atoms with Crippen LogP contribution in [0.3, 0.4) is 0 Å². The normalized spacial score (nSPS) is 18.4. The molecule has 2 aliphatic rings. The summed E-state index contributed by atoms with van der Waals surface area (Å²) in [5, 5.41) is 12.4. The SMILES string of the molecule is O=C(COc1ccc2c(c1)CCC2)NCCCN1CCC(O)CC1. The minimum absolute atomic E-state index is 0.0652. The summed E-state index contributed by atoms with van der Waals surface area (Å²) in [7, 11) is 0. The van der Waals surface area contributed by atoms with Crippen LogP contribution >= 0.6 is 0 Å². The van der Waals surface area contributed by atoms with Gasteiger partial charge in [0.05, 0.1) is 6.10 Å². The summed E-state index contributed by atoms with van der Waals surface area (Å²) in [5.41, 5.74) is 2.77. The Hall–Kier alpha value is -1.59. The van der Waals surface area contributed by atoms with Crippen molar-refractivity contribution in [3.8, 4) is 5.75 Å². The predicted octanol–water partition coefficient (Wildman–Crippen LogP) is 1.52. The number of benzene rings is 1. The van der Waals surface area contributed by atoms with Crippen LogP contribution < -0.4 is 10.1 Å². The number of hydrogen-bond donors (Lipinski definition) is 2. The number of likely N-dealkylation sites (tertiary alicyclic amines) is 1. The lowest BCUT2D eigenvalue weighted by atomic mass is 10.1. The number of rotatable bonds is 7. The van der Waals surface area contributed by atoms with Crippen LogP contribution in [0.4, 0.5) is 0 Å². The van der Waals surface area contributed by atoms with Crippen LogP contribution in [-0.4, -0.2) is 54.8 Å². The molecule has 24 heavy (non-hydrogen) atoms. The minimum atomic E-state index is -0.127. The third-order valence-electron chi connectivity index (χ3n) is 4.97. The molecular weight excluding hydrogens is 304 g/mol. The number of piperidine rings is 1. The summed E-state index contributed by atoms with van der Waals surface area (Å²) in [6.45, 7) is 3.63. The number of aliphatic hydroxyl groups is 1. The number of carbonyl (C=O) groups excluding carboxylic acids is 1. The summed E-state index contributed by atoms with van der Waals surface area (Å²) in [5.74, 6) is 0.724. The van der Waals surface area contributed by atoms with Crippen LogP contribution in [0.1, 0.15) is 36.8 Å². The summed E-state index contributed by atoms with van der Waals surface area (Å²) >= 11 is 0. The van der Waals surface area contributed by atoms with Gasteiger partial charge in [0.25, 0.3) is 5.91 Å². The molecule has 0 aromatic heterocycles. The van der Waals surface area contributed by atoms with Gasteiger partial charge in [-0.3, -0.25) is 4.79 Å². The van der Waals surface area contributed by atoms with Crippen molar-refractivity contribution in [1.82, 2.24) is 10.2 Å². The van der Waals surface area contributed by atoms with E-state index in [2.05, 4.69) is 22.3 Å². The molecule has 1 amide bonds. The van der Waals surface area contributed by atoms with Gasteiger partial charge >= 0.3 is 0 Å². The Morgan fingerprint density at radius 1 is 1.25 bits per heavy atom. The van der Waals surface area contributed by atoms with E-state index in [1.165, 1.54) is 17.5 Å². The number of amides is 1. The fourth-order valence-corrected chi connectivity index (χ4v) is 3.51. The van der Waals surface area contributed by atoms with Gasteiger partial charge in [0.15, 0.2) is 6.61 Å². The van der Waals surface area contributed by atoms with Crippen molar-refractivity contribution < 1.29 is 14.6 Å². The number of aryl methyl sites for hydroxylation is 2. The molecule has 5 heteroatoms. The molecular formula is C19H28N2O3. The number of hydrogen-bond acceptors (Lipinski definition) is 4. The van der Waals surface area contributed by atoms with Gasteiger partial charge in [0, 0.05) is 19.6 Å². The highest BCUT2D eigenvalue weighted by atomic mass is 16.5. The standard InChI is InChI=1S/C19H28N2O3/c22-17-7-11-21(12-8-17)10-2-9-20-19(23)14-24-18-6-5-15-3-1-4-16(15)13-18/h5-6,13,17,22H,1-4,7-12,14H2,(H,20,23). The highest BCUT2D eigenvalue weighted by molar-refractivity contribution is 5.77. The number of nitrogens with one attached hydrogen (secondary N) is 1. The Balaban J connectivity index is 1.29. The number of aliphatic hydroxyl groups excluding tert-OH is 1. The minimum Gasteiger partial charge on any atom is -0.484 e. The number of ether oxygens (including phenoxy) is 1. The Bertz CT molecular complexity index is 554. The molecule has 132 valence electrons. The maximum absolute atomic E-state index is 11.9. The van der Waals surface area contributed by atoms with Crippen LogP contribution in [0.5, 0.6) is 5.75 Å². The molecule has 0 bridgehead atoms. The van der Waals surface area contributed by atoms with Crippen LogP contribution in [0, 0.1) is 0 Å². The predicted molar refractivity (Wildman–Crippen MR) is 93.3 cm³/mol. The third-order valence-corrected chi connectivity index (χ3v) is 4.97. The van der Waals surface area contributed by atoms with Gasteiger partial charge in [-0.2, -0.15) is 0 Å². The molecule has 1 aliphatic heterocycles. The first-order valence-electron chi connectivity index (χ1n) is 9.12. The van der Waals surface area contributed by atoms with E-state index in [0.29, 0.717) is 6.54 Å². The van der Waals surface area contributed by atoms with Crippen molar-refractivity contribution in [3.05, 3.63) is 29.3 Å². The van der Waals surface area contributed by atoms with Crippen molar-refractivity contribution in [2.75, 3.05) is 32.8 Å².